The Hall–Kier alpha value is -1.91. The van der Waals surface area contributed by atoms with Crippen LogP contribution in [0.15, 0.2) is 42.5 Å². The molecule has 4 heteroatoms. The van der Waals surface area contributed by atoms with E-state index in [1.54, 1.807) is 0 Å². The zero-order chi connectivity index (χ0) is 14.4. The maximum Gasteiger partial charge on any atom is 0.126 e. The molecule has 0 aliphatic rings. The second-order valence-electron chi connectivity index (χ2n) is 4.92. The van der Waals surface area contributed by atoms with Crippen LogP contribution in [0.25, 0.3) is 0 Å². The Labute approximate surface area is 119 Å². The van der Waals surface area contributed by atoms with Crippen LogP contribution in [0.3, 0.4) is 0 Å². The van der Waals surface area contributed by atoms with Crippen molar-refractivity contribution in [2.24, 2.45) is 5.73 Å². The summed E-state index contributed by atoms with van der Waals surface area (Å²) >= 11 is 0. The van der Waals surface area contributed by atoms with Gasteiger partial charge >= 0.3 is 0 Å². The molecule has 0 saturated carbocycles. The molecule has 106 valence electrons. The van der Waals surface area contributed by atoms with Crippen LogP contribution in [0.5, 0.6) is 0 Å². The number of aliphatic hydroxyl groups is 1. The quantitative estimate of drug-likeness (QED) is 0.750. The Balaban J connectivity index is 2.08. The van der Waals surface area contributed by atoms with Gasteiger partial charge in [0.1, 0.15) is 5.82 Å². The third-order valence-corrected chi connectivity index (χ3v) is 3.15. The number of benzene rings is 1. The molecule has 1 unspecified atom stereocenters. The Morgan fingerprint density at radius 1 is 1.20 bits per heavy atom. The molecule has 0 aliphatic carbocycles. The fraction of sp³-hybridized carbons (Fsp3) is 0.312. The van der Waals surface area contributed by atoms with Crippen LogP contribution in [0, 0.1) is 6.92 Å². The van der Waals surface area contributed by atoms with E-state index in [9.17, 15) is 5.11 Å². The average molecular weight is 271 g/mol. The molecule has 0 saturated heterocycles. The largest absolute Gasteiger partial charge is 0.394 e. The third kappa shape index (κ3) is 4.05. The van der Waals surface area contributed by atoms with Gasteiger partial charge in [0.05, 0.1) is 12.6 Å². The first-order chi connectivity index (χ1) is 9.71. The number of rotatable bonds is 6. The van der Waals surface area contributed by atoms with Crippen LogP contribution >= 0.6 is 0 Å². The SMILES string of the molecule is Cc1cc(CN)cc(NC(CO)Cc2ccccc2)n1. The average Bonchev–Trinajstić information content (AvgIpc) is 2.47. The van der Waals surface area contributed by atoms with Gasteiger partial charge in [-0.3, -0.25) is 0 Å². The molecule has 4 nitrogen and oxygen atoms in total. The maximum atomic E-state index is 9.53. The highest BCUT2D eigenvalue weighted by molar-refractivity contribution is 5.41. The first kappa shape index (κ1) is 14.5. The first-order valence-electron chi connectivity index (χ1n) is 6.80. The topological polar surface area (TPSA) is 71.2 Å². The van der Waals surface area contributed by atoms with E-state index in [0.29, 0.717) is 6.54 Å². The number of aliphatic hydroxyl groups excluding tert-OH is 1. The Bertz CT molecular complexity index is 543. The van der Waals surface area contributed by atoms with Crippen molar-refractivity contribution in [3.8, 4) is 0 Å². The van der Waals surface area contributed by atoms with Gasteiger partial charge in [-0.05, 0) is 36.6 Å². The normalized spacial score (nSPS) is 12.2. The van der Waals surface area contributed by atoms with E-state index in [1.165, 1.54) is 5.56 Å². The molecule has 0 bridgehead atoms. The van der Waals surface area contributed by atoms with E-state index < -0.39 is 0 Å². The summed E-state index contributed by atoms with van der Waals surface area (Å²) in [4.78, 5) is 4.43. The van der Waals surface area contributed by atoms with E-state index in [0.717, 1.165) is 23.5 Å². The zero-order valence-corrected chi connectivity index (χ0v) is 11.7. The van der Waals surface area contributed by atoms with Gasteiger partial charge in [0, 0.05) is 12.2 Å². The number of hydrogen-bond donors (Lipinski definition) is 3. The van der Waals surface area contributed by atoms with Gasteiger partial charge in [-0.15, -0.1) is 0 Å². The molecule has 0 amide bonds. The summed E-state index contributed by atoms with van der Waals surface area (Å²) in [5.74, 6) is 0.764. The second-order valence-corrected chi connectivity index (χ2v) is 4.92. The van der Waals surface area contributed by atoms with Crippen molar-refractivity contribution in [2.75, 3.05) is 11.9 Å². The first-order valence-corrected chi connectivity index (χ1v) is 6.80. The number of aromatic nitrogens is 1. The smallest absolute Gasteiger partial charge is 0.126 e. The lowest BCUT2D eigenvalue weighted by Gasteiger charge is -2.18. The second kappa shape index (κ2) is 7.03. The summed E-state index contributed by atoms with van der Waals surface area (Å²) in [6.45, 7) is 2.48. The molecular weight excluding hydrogens is 250 g/mol. The highest BCUT2D eigenvalue weighted by Gasteiger charge is 2.09. The molecule has 1 aromatic carbocycles. The highest BCUT2D eigenvalue weighted by atomic mass is 16.3. The third-order valence-electron chi connectivity index (χ3n) is 3.15. The molecule has 1 heterocycles. The van der Waals surface area contributed by atoms with E-state index in [4.69, 9.17) is 5.73 Å². The van der Waals surface area contributed by atoms with E-state index >= 15 is 0 Å². The Morgan fingerprint density at radius 3 is 2.60 bits per heavy atom. The van der Waals surface area contributed by atoms with Crippen molar-refractivity contribution in [3.63, 3.8) is 0 Å². The standard InChI is InChI=1S/C16H21N3O/c1-12-7-14(10-17)9-16(18-12)19-15(11-20)8-13-5-3-2-4-6-13/h2-7,9,15,20H,8,10-11,17H2,1H3,(H,18,19). The van der Waals surface area contributed by atoms with Crippen molar-refractivity contribution in [1.82, 2.24) is 4.98 Å². The molecule has 4 N–H and O–H groups in total. The van der Waals surface area contributed by atoms with Gasteiger partial charge in [-0.25, -0.2) is 4.98 Å². The van der Waals surface area contributed by atoms with Gasteiger partial charge in [0.2, 0.25) is 0 Å². The number of anilines is 1. The van der Waals surface area contributed by atoms with Crippen molar-refractivity contribution >= 4 is 5.82 Å². The van der Waals surface area contributed by atoms with Crippen LogP contribution < -0.4 is 11.1 Å². The molecule has 2 rings (SSSR count). The summed E-state index contributed by atoms with van der Waals surface area (Å²) in [5.41, 5.74) is 8.82. The molecule has 1 atom stereocenters. The van der Waals surface area contributed by atoms with Crippen molar-refractivity contribution in [1.29, 1.82) is 0 Å². The minimum atomic E-state index is -0.0580. The Kier molecular flexibility index (Phi) is 5.09. The van der Waals surface area contributed by atoms with Gasteiger partial charge in [0.15, 0.2) is 0 Å². The number of nitrogens with two attached hydrogens (primary N) is 1. The van der Waals surface area contributed by atoms with E-state index in [-0.39, 0.29) is 12.6 Å². The van der Waals surface area contributed by atoms with Crippen LogP contribution in [-0.2, 0) is 13.0 Å². The van der Waals surface area contributed by atoms with Gasteiger partial charge in [-0.2, -0.15) is 0 Å². The molecule has 2 aromatic rings. The Morgan fingerprint density at radius 2 is 1.95 bits per heavy atom. The molecule has 20 heavy (non-hydrogen) atoms. The van der Waals surface area contributed by atoms with Gasteiger partial charge in [0.25, 0.3) is 0 Å². The van der Waals surface area contributed by atoms with Crippen molar-refractivity contribution in [3.05, 3.63) is 59.3 Å². The predicted molar refractivity (Wildman–Crippen MR) is 81.5 cm³/mol. The number of hydrogen-bond acceptors (Lipinski definition) is 4. The highest BCUT2D eigenvalue weighted by Crippen LogP contribution is 2.13. The zero-order valence-electron chi connectivity index (χ0n) is 11.7. The lowest BCUT2D eigenvalue weighted by Crippen LogP contribution is -2.27. The minimum Gasteiger partial charge on any atom is -0.394 e. The molecule has 0 spiro atoms. The lowest BCUT2D eigenvalue weighted by molar-refractivity contribution is 0.273. The van der Waals surface area contributed by atoms with Gasteiger partial charge < -0.3 is 16.2 Å². The summed E-state index contributed by atoms with van der Waals surface area (Å²) < 4.78 is 0. The minimum absolute atomic E-state index is 0.0580. The predicted octanol–water partition coefficient (Wildman–Crippen LogP) is 1.86. The number of aryl methyl sites for hydroxylation is 1. The number of pyridine rings is 1. The molecule has 0 fully saturated rings. The molecular formula is C16H21N3O. The number of nitrogens with zero attached hydrogens (tertiary/aromatic N) is 1. The van der Waals surface area contributed by atoms with Gasteiger partial charge in [-0.1, -0.05) is 30.3 Å². The molecule has 0 radical (unpaired) electrons. The van der Waals surface area contributed by atoms with E-state index in [1.807, 2.05) is 37.3 Å². The van der Waals surface area contributed by atoms with Crippen molar-refractivity contribution < 1.29 is 5.11 Å². The van der Waals surface area contributed by atoms with Crippen LogP contribution in [0.1, 0.15) is 16.8 Å². The maximum absolute atomic E-state index is 9.53. The van der Waals surface area contributed by atoms with E-state index in [2.05, 4.69) is 22.4 Å². The van der Waals surface area contributed by atoms with Crippen LogP contribution in [0.4, 0.5) is 5.82 Å². The summed E-state index contributed by atoms with van der Waals surface area (Å²) in [6, 6.07) is 13.9. The number of nitrogens with one attached hydrogen (secondary N) is 1. The summed E-state index contributed by atoms with van der Waals surface area (Å²) in [6.07, 6.45) is 0.755. The van der Waals surface area contributed by atoms with Crippen LogP contribution in [0.2, 0.25) is 0 Å². The lowest BCUT2D eigenvalue weighted by atomic mass is 10.1. The fourth-order valence-electron chi connectivity index (χ4n) is 2.20. The molecule has 1 aromatic heterocycles. The summed E-state index contributed by atoms with van der Waals surface area (Å²) in [5, 5.41) is 12.8. The van der Waals surface area contributed by atoms with Crippen LogP contribution in [-0.4, -0.2) is 22.7 Å². The molecule has 0 aliphatic heterocycles. The monoisotopic (exact) mass is 271 g/mol. The van der Waals surface area contributed by atoms with Crippen molar-refractivity contribution in [2.45, 2.75) is 25.9 Å². The fourth-order valence-corrected chi connectivity index (χ4v) is 2.20. The summed E-state index contributed by atoms with van der Waals surface area (Å²) in [7, 11) is 0.